The van der Waals surface area contributed by atoms with E-state index in [1.54, 1.807) is 12.1 Å². The molecule has 0 N–H and O–H groups in total. The Hall–Kier alpha value is -2.94. The third kappa shape index (κ3) is 4.66. The zero-order valence-corrected chi connectivity index (χ0v) is 14.9. The molecule has 6 nitrogen and oxygen atoms in total. The number of non-ortho nitro benzene ring substituents is 1. The minimum absolute atomic E-state index is 0.0157. The minimum Gasteiger partial charge on any atom is -0.336 e. The van der Waals surface area contributed by atoms with Gasteiger partial charge in [-0.2, -0.15) is 13.2 Å². The zero-order valence-electron chi connectivity index (χ0n) is 14.9. The van der Waals surface area contributed by atoms with E-state index in [-0.39, 0.29) is 11.3 Å². The van der Waals surface area contributed by atoms with Crippen LogP contribution in [0.25, 0.3) is 0 Å². The number of nitro groups is 1. The lowest BCUT2D eigenvalue weighted by molar-refractivity contribution is -0.384. The molecule has 1 aliphatic rings. The number of hydrogen-bond donors (Lipinski definition) is 0. The standard InChI is InChI=1S/C19H18F3N3O3/c20-19(21,22)16-5-2-4-15(12-16)18(26)24-9-7-23(8-10-24)13-14-3-1-6-17(11-14)25(27)28/h1-6,11-12H,7-10,13H2. The molecule has 9 heteroatoms. The molecule has 1 saturated heterocycles. The van der Waals surface area contributed by atoms with Gasteiger partial charge in [-0.15, -0.1) is 0 Å². The summed E-state index contributed by atoms with van der Waals surface area (Å²) < 4.78 is 38.5. The quantitative estimate of drug-likeness (QED) is 0.588. The molecule has 0 radical (unpaired) electrons. The topological polar surface area (TPSA) is 66.7 Å². The van der Waals surface area contributed by atoms with Gasteiger partial charge in [0.15, 0.2) is 0 Å². The molecule has 0 unspecified atom stereocenters. The fraction of sp³-hybridized carbons (Fsp3) is 0.316. The van der Waals surface area contributed by atoms with E-state index in [0.29, 0.717) is 32.7 Å². The number of carbonyl (C=O) groups excluding carboxylic acids is 1. The third-order valence-corrected chi connectivity index (χ3v) is 4.62. The Bertz CT molecular complexity index is 878. The van der Waals surface area contributed by atoms with Gasteiger partial charge in [0.1, 0.15) is 0 Å². The Morgan fingerprint density at radius 3 is 2.36 bits per heavy atom. The van der Waals surface area contributed by atoms with Crippen LogP contribution in [0.15, 0.2) is 48.5 Å². The van der Waals surface area contributed by atoms with E-state index >= 15 is 0 Å². The number of nitro benzene ring substituents is 1. The van der Waals surface area contributed by atoms with Crippen molar-refractivity contribution in [2.45, 2.75) is 12.7 Å². The highest BCUT2D eigenvalue weighted by molar-refractivity contribution is 5.94. The molecule has 2 aromatic rings. The predicted octanol–water partition coefficient (Wildman–Crippen LogP) is 3.57. The number of amides is 1. The van der Waals surface area contributed by atoms with Crippen LogP contribution in [0, 0.1) is 10.1 Å². The molecule has 0 atom stereocenters. The van der Waals surface area contributed by atoms with E-state index in [1.807, 2.05) is 0 Å². The molecule has 1 fully saturated rings. The second-order valence-corrected chi connectivity index (χ2v) is 6.57. The molecule has 148 valence electrons. The second kappa shape index (κ2) is 7.97. The van der Waals surface area contributed by atoms with Gasteiger partial charge < -0.3 is 4.90 Å². The van der Waals surface area contributed by atoms with Crippen LogP contribution in [-0.4, -0.2) is 46.8 Å². The summed E-state index contributed by atoms with van der Waals surface area (Å²) in [5, 5.41) is 10.9. The number of piperazine rings is 1. The highest BCUT2D eigenvalue weighted by Crippen LogP contribution is 2.29. The average molecular weight is 393 g/mol. The van der Waals surface area contributed by atoms with E-state index in [9.17, 15) is 28.1 Å². The van der Waals surface area contributed by atoms with Gasteiger partial charge in [0.05, 0.1) is 10.5 Å². The largest absolute Gasteiger partial charge is 0.416 e. The smallest absolute Gasteiger partial charge is 0.336 e. The molecule has 0 saturated carbocycles. The van der Waals surface area contributed by atoms with Crippen molar-refractivity contribution >= 4 is 11.6 Å². The van der Waals surface area contributed by atoms with Gasteiger partial charge in [0.25, 0.3) is 11.6 Å². The van der Waals surface area contributed by atoms with Gasteiger partial charge in [0.2, 0.25) is 0 Å². The Morgan fingerprint density at radius 1 is 1.04 bits per heavy atom. The van der Waals surface area contributed by atoms with Crippen molar-refractivity contribution in [3.63, 3.8) is 0 Å². The minimum atomic E-state index is -4.49. The van der Waals surface area contributed by atoms with Crippen molar-refractivity contribution in [1.29, 1.82) is 0 Å². The molecule has 28 heavy (non-hydrogen) atoms. The maximum atomic E-state index is 12.8. The fourth-order valence-electron chi connectivity index (χ4n) is 3.15. The lowest BCUT2D eigenvalue weighted by atomic mass is 10.1. The van der Waals surface area contributed by atoms with Gasteiger partial charge >= 0.3 is 6.18 Å². The Labute approximate surface area is 159 Å². The second-order valence-electron chi connectivity index (χ2n) is 6.57. The molecule has 1 heterocycles. The summed E-state index contributed by atoms with van der Waals surface area (Å²) in [6, 6.07) is 10.8. The van der Waals surface area contributed by atoms with Gasteiger partial charge in [-0.1, -0.05) is 18.2 Å². The average Bonchev–Trinajstić information content (AvgIpc) is 2.68. The van der Waals surface area contributed by atoms with E-state index < -0.39 is 22.6 Å². The van der Waals surface area contributed by atoms with E-state index in [0.717, 1.165) is 17.7 Å². The summed E-state index contributed by atoms with van der Waals surface area (Å²) in [4.78, 5) is 26.5. The van der Waals surface area contributed by atoms with Gasteiger partial charge in [-0.3, -0.25) is 19.8 Å². The SMILES string of the molecule is O=C(c1cccc(C(F)(F)F)c1)N1CCN(Cc2cccc([N+](=O)[O-])c2)CC1. The number of hydrogen-bond acceptors (Lipinski definition) is 4. The van der Waals surface area contributed by atoms with Gasteiger partial charge in [-0.05, 0) is 23.8 Å². The number of halogens is 3. The maximum absolute atomic E-state index is 12.8. The Kier molecular flexibility index (Phi) is 5.64. The lowest BCUT2D eigenvalue weighted by Gasteiger charge is -2.34. The monoisotopic (exact) mass is 393 g/mol. The van der Waals surface area contributed by atoms with E-state index in [2.05, 4.69) is 4.90 Å². The molecule has 0 aromatic heterocycles. The molecule has 1 aliphatic heterocycles. The van der Waals surface area contributed by atoms with Crippen molar-refractivity contribution in [2.75, 3.05) is 26.2 Å². The summed E-state index contributed by atoms with van der Waals surface area (Å²) in [5.74, 6) is -0.430. The van der Waals surface area contributed by atoms with Crippen LogP contribution in [0.4, 0.5) is 18.9 Å². The Balaban J connectivity index is 1.60. The van der Waals surface area contributed by atoms with Crippen molar-refractivity contribution in [2.24, 2.45) is 0 Å². The van der Waals surface area contributed by atoms with Crippen LogP contribution in [-0.2, 0) is 12.7 Å². The first-order chi connectivity index (χ1) is 13.2. The van der Waals surface area contributed by atoms with Gasteiger partial charge in [0, 0.05) is 50.4 Å². The van der Waals surface area contributed by atoms with E-state index in [1.165, 1.54) is 29.2 Å². The van der Waals surface area contributed by atoms with Crippen LogP contribution in [0.3, 0.4) is 0 Å². The number of nitrogens with zero attached hydrogens (tertiary/aromatic N) is 3. The summed E-state index contributed by atoms with van der Waals surface area (Å²) in [5.41, 5.74) is -0.00710. The molecule has 0 bridgehead atoms. The van der Waals surface area contributed by atoms with Crippen molar-refractivity contribution in [1.82, 2.24) is 9.80 Å². The van der Waals surface area contributed by atoms with Crippen LogP contribution >= 0.6 is 0 Å². The summed E-state index contributed by atoms with van der Waals surface area (Å²) >= 11 is 0. The van der Waals surface area contributed by atoms with Crippen molar-refractivity contribution in [3.8, 4) is 0 Å². The van der Waals surface area contributed by atoms with Crippen LogP contribution < -0.4 is 0 Å². The normalized spacial score (nSPS) is 15.5. The number of alkyl halides is 3. The summed E-state index contributed by atoms with van der Waals surface area (Å²) in [6.07, 6.45) is -4.49. The predicted molar refractivity (Wildman–Crippen MR) is 95.7 cm³/mol. The molecule has 0 aliphatic carbocycles. The molecule has 1 amide bonds. The molecular formula is C19H18F3N3O3. The first kappa shape index (κ1) is 19.8. The maximum Gasteiger partial charge on any atom is 0.416 e. The Morgan fingerprint density at radius 2 is 1.71 bits per heavy atom. The number of carbonyl (C=O) groups is 1. The number of rotatable bonds is 4. The van der Waals surface area contributed by atoms with Crippen LogP contribution in [0.1, 0.15) is 21.5 Å². The summed E-state index contributed by atoms with van der Waals surface area (Å²) in [6.45, 7) is 2.34. The molecule has 2 aromatic carbocycles. The van der Waals surface area contributed by atoms with Crippen LogP contribution in [0.5, 0.6) is 0 Å². The third-order valence-electron chi connectivity index (χ3n) is 4.62. The number of benzene rings is 2. The molecule has 0 spiro atoms. The lowest BCUT2D eigenvalue weighted by Crippen LogP contribution is -2.48. The first-order valence-corrected chi connectivity index (χ1v) is 8.66. The van der Waals surface area contributed by atoms with Gasteiger partial charge in [-0.25, -0.2) is 0 Å². The fourth-order valence-corrected chi connectivity index (χ4v) is 3.15. The highest BCUT2D eigenvalue weighted by Gasteiger charge is 2.31. The zero-order chi connectivity index (χ0) is 20.3. The highest BCUT2D eigenvalue weighted by atomic mass is 19.4. The first-order valence-electron chi connectivity index (χ1n) is 8.66. The van der Waals surface area contributed by atoms with Crippen molar-refractivity contribution in [3.05, 3.63) is 75.3 Å². The van der Waals surface area contributed by atoms with Crippen molar-refractivity contribution < 1.29 is 22.9 Å². The van der Waals surface area contributed by atoms with E-state index in [4.69, 9.17) is 0 Å². The molecular weight excluding hydrogens is 375 g/mol. The summed E-state index contributed by atoms with van der Waals surface area (Å²) in [7, 11) is 0. The molecule has 3 rings (SSSR count). The van der Waals surface area contributed by atoms with Crippen LogP contribution in [0.2, 0.25) is 0 Å².